The topological polar surface area (TPSA) is 39.7 Å². The largest absolute Gasteiger partial charge is 0.354 e. The number of nitrogens with one attached hydrogen (secondary N) is 2. The van der Waals surface area contributed by atoms with Crippen LogP contribution >= 0.6 is 24.0 Å². The molecule has 0 radical (unpaired) electrons. The molecule has 4 nitrogen and oxygen atoms in total. The molecule has 1 aromatic carbocycles. The van der Waals surface area contributed by atoms with Crippen LogP contribution in [0.2, 0.25) is 0 Å². The molecule has 0 amide bonds. The Morgan fingerprint density at radius 2 is 1.77 bits per heavy atom. The van der Waals surface area contributed by atoms with E-state index in [0.717, 1.165) is 19.0 Å². The molecule has 1 saturated heterocycles. The van der Waals surface area contributed by atoms with Gasteiger partial charge in [-0.15, -0.1) is 24.0 Å². The summed E-state index contributed by atoms with van der Waals surface area (Å²) in [6.45, 7) is 5.50. The molecule has 146 valence electrons. The summed E-state index contributed by atoms with van der Waals surface area (Å²) in [6.07, 6.45) is 9.26. The van der Waals surface area contributed by atoms with Crippen LogP contribution in [0.15, 0.2) is 29.3 Å². The Labute approximate surface area is 176 Å². The minimum Gasteiger partial charge on any atom is -0.354 e. The van der Waals surface area contributed by atoms with Crippen LogP contribution in [0.3, 0.4) is 0 Å². The first-order valence-corrected chi connectivity index (χ1v) is 10.0. The molecule has 2 aliphatic rings. The molecule has 2 N–H and O–H groups in total. The Morgan fingerprint density at radius 3 is 2.46 bits per heavy atom. The van der Waals surface area contributed by atoms with Gasteiger partial charge in [0.15, 0.2) is 5.96 Å². The van der Waals surface area contributed by atoms with E-state index in [-0.39, 0.29) is 24.0 Å². The van der Waals surface area contributed by atoms with Crippen molar-refractivity contribution in [1.29, 1.82) is 0 Å². The van der Waals surface area contributed by atoms with Crippen molar-refractivity contribution in [3.8, 4) is 0 Å². The summed E-state index contributed by atoms with van der Waals surface area (Å²) in [7, 11) is 1.87. The molecule has 1 unspecified atom stereocenters. The molecule has 1 aliphatic carbocycles. The maximum atomic E-state index is 4.41. The van der Waals surface area contributed by atoms with E-state index in [0.29, 0.717) is 12.1 Å². The molecule has 1 heterocycles. The van der Waals surface area contributed by atoms with E-state index in [2.05, 4.69) is 51.7 Å². The van der Waals surface area contributed by atoms with Crippen LogP contribution in [0.5, 0.6) is 0 Å². The van der Waals surface area contributed by atoms with E-state index in [9.17, 15) is 0 Å². The highest BCUT2D eigenvalue weighted by molar-refractivity contribution is 14.0. The molecule has 2 fully saturated rings. The Balaban J connectivity index is 0.00000243. The minimum atomic E-state index is 0. The molecule has 5 heteroatoms. The zero-order valence-electron chi connectivity index (χ0n) is 16.3. The van der Waals surface area contributed by atoms with E-state index in [1.807, 2.05) is 7.05 Å². The Morgan fingerprint density at radius 1 is 1.08 bits per heavy atom. The van der Waals surface area contributed by atoms with Crippen molar-refractivity contribution < 1.29 is 0 Å². The summed E-state index contributed by atoms with van der Waals surface area (Å²) in [5.74, 6) is 0.938. The molecule has 26 heavy (non-hydrogen) atoms. The maximum absolute atomic E-state index is 4.41. The predicted octanol–water partition coefficient (Wildman–Crippen LogP) is 4.29. The Hall–Kier alpha value is -0.820. The first-order valence-electron chi connectivity index (χ1n) is 10.0. The third kappa shape index (κ3) is 6.12. The number of rotatable bonds is 5. The van der Waals surface area contributed by atoms with Crippen LogP contribution in [-0.2, 0) is 13.1 Å². The summed E-state index contributed by atoms with van der Waals surface area (Å²) in [6, 6.07) is 10.1. The third-order valence-electron chi connectivity index (χ3n) is 5.80. The van der Waals surface area contributed by atoms with Crippen LogP contribution in [0.25, 0.3) is 0 Å². The number of guanidine groups is 1. The van der Waals surface area contributed by atoms with Crippen molar-refractivity contribution in [2.45, 2.75) is 77.0 Å². The van der Waals surface area contributed by atoms with Crippen LogP contribution < -0.4 is 10.6 Å². The van der Waals surface area contributed by atoms with Crippen LogP contribution in [0.4, 0.5) is 0 Å². The fraction of sp³-hybridized carbons (Fsp3) is 0.667. The highest BCUT2D eigenvalue weighted by Gasteiger charge is 2.19. The van der Waals surface area contributed by atoms with Gasteiger partial charge in [0, 0.05) is 32.2 Å². The average molecular weight is 470 g/mol. The lowest BCUT2D eigenvalue weighted by atomic mass is 10.0. The fourth-order valence-electron chi connectivity index (χ4n) is 4.13. The summed E-state index contributed by atoms with van der Waals surface area (Å²) >= 11 is 0. The number of nitrogens with zero attached hydrogens (tertiary/aromatic N) is 2. The van der Waals surface area contributed by atoms with Gasteiger partial charge < -0.3 is 10.6 Å². The lowest BCUT2D eigenvalue weighted by molar-refractivity contribution is 0.152. The van der Waals surface area contributed by atoms with Gasteiger partial charge >= 0.3 is 0 Å². The third-order valence-corrected chi connectivity index (χ3v) is 5.80. The van der Waals surface area contributed by atoms with Crippen molar-refractivity contribution >= 4 is 29.9 Å². The van der Waals surface area contributed by atoms with Gasteiger partial charge in [0.25, 0.3) is 0 Å². The highest BCUT2D eigenvalue weighted by atomic mass is 127. The molecule has 1 aromatic rings. The number of piperidine rings is 1. The number of hydrogen-bond donors (Lipinski definition) is 2. The van der Waals surface area contributed by atoms with Gasteiger partial charge in [-0.3, -0.25) is 9.89 Å². The lowest BCUT2D eigenvalue weighted by Gasteiger charge is -2.33. The second-order valence-electron chi connectivity index (χ2n) is 7.64. The van der Waals surface area contributed by atoms with Crippen molar-refractivity contribution in [3.05, 3.63) is 35.4 Å². The summed E-state index contributed by atoms with van der Waals surface area (Å²) < 4.78 is 0. The standard InChI is InChI=1S/C21H34N4.HI/c1-17-9-7-8-14-25(17)16-19-11-4-3-10-18(19)15-23-21(22-2)24-20-12-5-6-13-20;/h3-4,10-11,17,20H,5-9,12-16H2,1-2H3,(H2,22,23,24);1H. The minimum absolute atomic E-state index is 0. The molecule has 1 aliphatic heterocycles. The number of aliphatic imine (C=N–C) groups is 1. The normalized spacial score (nSPS) is 22.1. The molecule has 0 bridgehead atoms. The van der Waals surface area contributed by atoms with Crippen LogP contribution in [0, 0.1) is 0 Å². The van der Waals surface area contributed by atoms with E-state index in [4.69, 9.17) is 0 Å². The van der Waals surface area contributed by atoms with Crippen molar-refractivity contribution in [3.63, 3.8) is 0 Å². The van der Waals surface area contributed by atoms with Crippen LogP contribution in [0.1, 0.15) is 63.0 Å². The molecule has 0 spiro atoms. The molecule has 1 atom stereocenters. The van der Waals surface area contributed by atoms with Crippen molar-refractivity contribution in [2.24, 2.45) is 4.99 Å². The molecule has 1 saturated carbocycles. The number of likely N-dealkylation sites (tertiary alicyclic amines) is 1. The monoisotopic (exact) mass is 470 g/mol. The SMILES string of the molecule is CN=C(NCc1ccccc1CN1CCCCC1C)NC1CCCC1.I. The van der Waals surface area contributed by atoms with Gasteiger partial charge in [-0.25, -0.2) is 0 Å². The van der Waals surface area contributed by atoms with Crippen LogP contribution in [-0.4, -0.2) is 36.5 Å². The first-order chi connectivity index (χ1) is 12.3. The fourth-order valence-corrected chi connectivity index (χ4v) is 4.13. The molecular weight excluding hydrogens is 435 g/mol. The van der Waals surface area contributed by atoms with Gasteiger partial charge in [-0.1, -0.05) is 43.5 Å². The van der Waals surface area contributed by atoms with Crippen molar-refractivity contribution in [1.82, 2.24) is 15.5 Å². The Bertz CT molecular complexity index is 569. The molecular formula is C21H35IN4. The Kier molecular flexibility index (Phi) is 9.19. The van der Waals surface area contributed by atoms with Gasteiger partial charge in [-0.05, 0) is 50.3 Å². The van der Waals surface area contributed by atoms with Gasteiger partial charge in [0.1, 0.15) is 0 Å². The average Bonchev–Trinajstić information content (AvgIpc) is 3.14. The van der Waals surface area contributed by atoms with E-state index in [1.54, 1.807) is 0 Å². The number of halogens is 1. The lowest BCUT2D eigenvalue weighted by Crippen LogP contribution is -2.42. The van der Waals surface area contributed by atoms with E-state index >= 15 is 0 Å². The quantitative estimate of drug-likeness (QED) is 0.383. The van der Waals surface area contributed by atoms with E-state index < -0.39 is 0 Å². The van der Waals surface area contributed by atoms with E-state index in [1.165, 1.54) is 62.6 Å². The van der Waals surface area contributed by atoms with Crippen molar-refractivity contribution in [2.75, 3.05) is 13.6 Å². The van der Waals surface area contributed by atoms with Gasteiger partial charge in [0.05, 0.1) is 0 Å². The second kappa shape index (κ2) is 11.1. The zero-order chi connectivity index (χ0) is 17.5. The number of hydrogen-bond acceptors (Lipinski definition) is 2. The second-order valence-corrected chi connectivity index (χ2v) is 7.64. The predicted molar refractivity (Wildman–Crippen MR) is 121 cm³/mol. The van der Waals surface area contributed by atoms with Gasteiger partial charge in [-0.2, -0.15) is 0 Å². The highest BCUT2D eigenvalue weighted by Crippen LogP contribution is 2.21. The maximum Gasteiger partial charge on any atom is 0.191 e. The first kappa shape index (κ1) is 21.5. The smallest absolute Gasteiger partial charge is 0.191 e. The summed E-state index contributed by atoms with van der Waals surface area (Å²) in [4.78, 5) is 7.04. The van der Waals surface area contributed by atoms with Gasteiger partial charge in [0.2, 0.25) is 0 Å². The molecule has 0 aromatic heterocycles. The zero-order valence-corrected chi connectivity index (χ0v) is 18.7. The summed E-state index contributed by atoms with van der Waals surface area (Å²) in [5.41, 5.74) is 2.83. The molecule has 3 rings (SSSR count). The summed E-state index contributed by atoms with van der Waals surface area (Å²) in [5, 5.41) is 7.09. The number of benzene rings is 1.